The second kappa shape index (κ2) is 9.23. The van der Waals surface area contributed by atoms with E-state index in [1.54, 1.807) is 0 Å². The highest BCUT2D eigenvalue weighted by Gasteiger charge is 2.44. The Morgan fingerprint density at radius 3 is 1.97 bits per heavy atom. The molecule has 2 aromatic rings. The molecular formula is C20H18F3N3O3. The normalized spacial score (nSPS) is 13.6. The van der Waals surface area contributed by atoms with Gasteiger partial charge in [-0.25, -0.2) is 18.7 Å². The van der Waals surface area contributed by atoms with E-state index in [2.05, 4.69) is 17.2 Å². The van der Waals surface area contributed by atoms with Crippen molar-refractivity contribution in [2.45, 2.75) is 24.9 Å². The number of hydrogen-bond acceptors (Lipinski definition) is 4. The van der Waals surface area contributed by atoms with E-state index in [0.29, 0.717) is 11.1 Å². The quantitative estimate of drug-likeness (QED) is 0.346. The largest absolute Gasteiger partial charge is 0.338 e. The van der Waals surface area contributed by atoms with Crippen LogP contribution in [0.5, 0.6) is 0 Å². The van der Waals surface area contributed by atoms with Gasteiger partial charge in [0, 0.05) is 16.7 Å². The zero-order valence-corrected chi connectivity index (χ0v) is 15.2. The van der Waals surface area contributed by atoms with E-state index < -0.39 is 29.8 Å². The summed E-state index contributed by atoms with van der Waals surface area (Å²) in [6, 6.07) is 9.51. The van der Waals surface area contributed by atoms with Crippen molar-refractivity contribution >= 4 is 11.8 Å². The third kappa shape index (κ3) is 5.57. The maximum atomic E-state index is 13.1. The Morgan fingerprint density at radius 1 is 1.03 bits per heavy atom. The number of hydroxylamine groups is 1. The fourth-order valence-electron chi connectivity index (χ4n) is 2.29. The number of alkyl halides is 2. The van der Waals surface area contributed by atoms with Crippen LogP contribution in [0.2, 0.25) is 0 Å². The molecule has 0 aliphatic heterocycles. The zero-order valence-electron chi connectivity index (χ0n) is 15.2. The van der Waals surface area contributed by atoms with Crippen LogP contribution >= 0.6 is 0 Å². The first kappa shape index (κ1) is 21.9. The Labute approximate surface area is 164 Å². The number of amides is 2. The summed E-state index contributed by atoms with van der Waals surface area (Å²) in [5.41, 5.74) is 5.48. The first-order chi connectivity index (χ1) is 13.6. The Balaban J connectivity index is 2.15. The minimum atomic E-state index is -3.14. The molecule has 29 heavy (non-hydrogen) atoms. The number of rotatable bonds is 5. The van der Waals surface area contributed by atoms with Crippen LogP contribution in [0.25, 0.3) is 0 Å². The van der Waals surface area contributed by atoms with Crippen molar-refractivity contribution in [3.05, 3.63) is 71.0 Å². The van der Waals surface area contributed by atoms with Crippen molar-refractivity contribution in [2.75, 3.05) is 0 Å². The number of hydrogen-bond donors (Lipinski definition) is 4. The lowest BCUT2D eigenvalue weighted by Crippen LogP contribution is -2.66. The average molecular weight is 405 g/mol. The van der Waals surface area contributed by atoms with Crippen LogP contribution in [0.1, 0.15) is 28.4 Å². The molecule has 6 nitrogen and oxygen atoms in total. The Bertz CT molecular complexity index is 933. The summed E-state index contributed by atoms with van der Waals surface area (Å²) < 4.78 is 39.2. The lowest BCUT2D eigenvalue weighted by Gasteiger charge is -2.32. The van der Waals surface area contributed by atoms with Crippen LogP contribution in [-0.4, -0.2) is 35.0 Å². The van der Waals surface area contributed by atoms with Crippen molar-refractivity contribution in [1.82, 2.24) is 10.8 Å². The van der Waals surface area contributed by atoms with Gasteiger partial charge in [0.1, 0.15) is 17.4 Å². The van der Waals surface area contributed by atoms with E-state index in [9.17, 15) is 22.8 Å². The summed E-state index contributed by atoms with van der Waals surface area (Å²) in [4.78, 5) is 24.0. The van der Waals surface area contributed by atoms with Gasteiger partial charge in [0.2, 0.25) is 0 Å². The molecule has 0 spiro atoms. The molecule has 9 heteroatoms. The molecule has 1 unspecified atom stereocenters. The lowest BCUT2D eigenvalue weighted by atomic mass is 9.92. The molecule has 0 aliphatic carbocycles. The monoisotopic (exact) mass is 405 g/mol. The summed E-state index contributed by atoms with van der Waals surface area (Å²) >= 11 is 0. The number of halogens is 3. The molecule has 2 aromatic carbocycles. The Morgan fingerprint density at radius 2 is 1.52 bits per heavy atom. The van der Waals surface area contributed by atoms with Gasteiger partial charge in [-0.1, -0.05) is 11.8 Å². The number of nitrogens with one attached hydrogen (secondary N) is 2. The van der Waals surface area contributed by atoms with Crippen LogP contribution in [0.15, 0.2) is 48.5 Å². The van der Waals surface area contributed by atoms with Gasteiger partial charge in [-0.2, -0.15) is 0 Å². The number of carbonyl (C=O) groups is 2. The molecule has 0 fully saturated rings. The van der Waals surface area contributed by atoms with E-state index in [4.69, 9.17) is 10.9 Å². The molecule has 2 atom stereocenters. The molecule has 0 saturated heterocycles. The minimum Gasteiger partial charge on any atom is -0.338 e. The SMILES string of the molecule is CC(N)(C(F)F)[C@H](NC(=O)c1ccc(C#Cc2ccc(F)cc2)cc1)C(=O)NO. The predicted octanol–water partition coefficient (Wildman–Crippen LogP) is 1.81. The zero-order chi connectivity index (χ0) is 21.6. The number of benzene rings is 2. The van der Waals surface area contributed by atoms with Gasteiger partial charge >= 0.3 is 0 Å². The van der Waals surface area contributed by atoms with Crippen molar-refractivity contribution < 1.29 is 28.0 Å². The third-order valence-corrected chi connectivity index (χ3v) is 4.08. The fraction of sp³-hybridized carbons (Fsp3) is 0.200. The highest BCUT2D eigenvalue weighted by Crippen LogP contribution is 2.18. The molecule has 0 heterocycles. The van der Waals surface area contributed by atoms with Crippen LogP contribution in [0, 0.1) is 17.7 Å². The van der Waals surface area contributed by atoms with E-state index in [0.717, 1.165) is 6.92 Å². The summed E-state index contributed by atoms with van der Waals surface area (Å²) in [6.45, 7) is 0.881. The van der Waals surface area contributed by atoms with Gasteiger partial charge < -0.3 is 11.1 Å². The molecule has 0 saturated carbocycles. The van der Waals surface area contributed by atoms with Crippen molar-refractivity contribution in [1.29, 1.82) is 0 Å². The van der Waals surface area contributed by atoms with Crippen LogP contribution in [0.4, 0.5) is 13.2 Å². The van der Waals surface area contributed by atoms with E-state index in [1.165, 1.54) is 54.0 Å². The van der Waals surface area contributed by atoms with E-state index in [1.807, 2.05) is 0 Å². The van der Waals surface area contributed by atoms with Gasteiger partial charge in [-0.15, -0.1) is 0 Å². The van der Waals surface area contributed by atoms with Crippen LogP contribution < -0.4 is 16.5 Å². The standard InChI is InChI=1S/C20H18F3N3O3/c1-20(24,19(22)23)16(18(28)26-29)25-17(27)14-8-4-12(5-9-14)2-3-13-6-10-15(21)11-7-13/h4-11,16,19,29H,24H2,1H3,(H,25,27)(H,26,28)/t16-,20?/m1/s1. The maximum Gasteiger partial charge on any atom is 0.268 e. The summed E-state index contributed by atoms with van der Waals surface area (Å²) in [5, 5.41) is 10.9. The topological polar surface area (TPSA) is 104 Å². The van der Waals surface area contributed by atoms with Gasteiger partial charge in [-0.3, -0.25) is 14.8 Å². The third-order valence-electron chi connectivity index (χ3n) is 4.08. The first-order valence-electron chi connectivity index (χ1n) is 8.34. The molecule has 152 valence electrons. The first-order valence-corrected chi connectivity index (χ1v) is 8.34. The van der Waals surface area contributed by atoms with Crippen molar-refractivity contribution in [2.24, 2.45) is 5.73 Å². The molecule has 0 radical (unpaired) electrons. The number of carbonyl (C=O) groups excluding carboxylic acids is 2. The Hall–Kier alpha value is -3.35. The molecule has 2 rings (SSSR count). The molecule has 0 bridgehead atoms. The lowest BCUT2D eigenvalue weighted by molar-refractivity contribution is -0.134. The predicted molar refractivity (Wildman–Crippen MR) is 98.6 cm³/mol. The summed E-state index contributed by atoms with van der Waals surface area (Å²) in [6.07, 6.45) is -3.14. The van der Waals surface area contributed by atoms with E-state index in [-0.39, 0.29) is 11.4 Å². The maximum absolute atomic E-state index is 13.1. The summed E-state index contributed by atoms with van der Waals surface area (Å²) in [5.74, 6) is 3.17. The van der Waals surface area contributed by atoms with E-state index >= 15 is 0 Å². The van der Waals surface area contributed by atoms with Gasteiger partial charge in [-0.05, 0) is 55.5 Å². The molecule has 0 aromatic heterocycles. The molecular weight excluding hydrogens is 387 g/mol. The smallest absolute Gasteiger partial charge is 0.268 e. The second-order valence-electron chi connectivity index (χ2n) is 6.38. The second-order valence-corrected chi connectivity index (χ2v) is 6.38. The highest BCUT2D eigenvalue weighted by atomic mass is 19.3. The number of nitrogens with two attached hydrogens (primary N) is 1. The van der Waals surface area contributed by atoms with Gasteiger partial charge in [0.25, 0.3) is 18.2 Å². The average Bonchev–Trinajstić information content (AvgIpc) is 2.71. The van der Waals surface area contributed by atoms with Gasteiger partial charge in [0.05, 0.1) is 0 Å². The summed E-state index contributed by atoms with van der Waals surface area (Å²) in [7, 11) is 0. The fourth-order valence-corrected chi connectivity index (χ4v) is 2.29. The van der Waals surface area contributed by atoms with Crippen molar-refractivity contribution in [3.63, 3.8) is 0 Å². The molecule has 5 N–H and O–H groups in total. The minimum absolute atomic E-state index is 0.0677. The van der Waals surface area contributed by atoms with Crippen LogP contribution in [0.3, 0.4) is 0 Å². The van der Waals surface area contributed by atoms with Gasteiger partial charge in [0.15, 0.2) is 0 Å². The highest BCUT2D eigenvalue weighted by molar-refractivity contribution is 5.98. The van der Waals surface area contributed by atoms with Crippen molar-refractivity contribution in [3.8, 4) is 11.8 Å². The van der Waals surface area contributed by atoms with Crippen LogP contribution in [-0.2, 0) is 4.79 Å². The molecule has 0 aliphatic rings. The Kier molecular flexibility index (Phi) is 6.98. The molecule has 2 amide bonds.